The number of nitrogens with zero attached hydrogens (tertiary/aromatic N) is 4. The minimum Gasteiger partial charge on any atom is -0.463 e. The largest absolute Gasteiger partial charge is 0.463 e. The monoisotopic (exact) mass is 399 g/mol. The lowest BCUT2D eigenvalue weighted by Crippen LogP contribution is -2.23. The smallest absolute Gasteiger partial charge is 0.259 e. The topological polar surface area (TPSA) is 99.0 Å². The van der Waals surface area contributed by atoms with Gasteiger partial charge in [0.15, 0.2) is 5.76 Å². The number of hydrogen-bond donors (Lipinski definition) is 1. The summed E-state index contributed by atoms with van der Waals surface area (Å²) in [5.41, 5.74) is 3.67. The minimum atomic E-state index is -0.256. The molecule has 1 N–H and O–H groups in total. The zero-order valence-electron chi connectivity index (χ0n) is 16.1. The Morgan fingerprint density at radius 1 is 1.17 bits per heavy atom. The number of benzene rings is 1. The van der Waals surface area contributed by atoms with Crippen LogP contribution in [0.5, 0.6) is 0 Å². The molecule has 0 atom stereocenters. The van der Waals surface area contributed by atoms with Crippen molar-refractivity contribution >= 4 is 17.0 Å². The second-order valence-corrected chi connectivity index (χ2v) is 6.79. The molecule has 8 heteroatoms. The maximum absolute atomic E-state index is 13.0. The average molecular weight is 399 g/mol. The summed E-state index contributed by atoms with van der Waals surface area (Å²) >= 11 is 0. The van der Waals surface area contributed by atoms with Crippen LogP contribution >= 0.6 is 0 Å². The van der Waals surface area contributed by atoms with Gasteiger partial charge in [-0.25, -0.2) is 9.67 Å². The molecule has 0 aliphatic rings. The van der Waals surface area contributed by atoms with Gasteiger partial charge < -0.3 is 14.3 Å². The van der Waals surface area contributed by atoms with E-state index in [4.69, 9.17) is 8.94 Å². The van der Waals surface area contributed by atoms with Gasteiger partial charge in [-0.1, -0.05) is 23.4 Å². The number of furan rings is 1. The summed E-state index contributed by atoms with van der Waals surface area (Å²) in [6, 6.07) is 15.0. The van der Waals surface area contributed by atoms with Crippen molar-refractivity contribution in [2.24, 2.45) is 0 Å². The van der Waals surface area contributed by atoms with Crippen molar-refractivity contribution in [3.63, 3.8) is 0 Å². The van der Waals surface area contributed by atoms with E-state index in [1.807, 2.05) is 36.5 Å². The molecule has 0 aliphatic carbocycles. The van der Waals surface area contributed by atoms with Crippen LogP contribution in [0.1, 0.15) is 21.6 Å². The number of aromatic nitrogens is 4. The number of fused-ring (bicyclic) bond motifs is 1. The van der Waals surface area contributed by atoms with E-state index in [0.717, 1.165) is 11.3 Å². The Morgan fingerprint density at radius 2 is 2.03 bits per heavy atom. The van der Waals surface area contributed by atoms with E-state index in [-0.39, 0.29) is 5.91 Å². The van der Waals surface area contributed by atoms with E-state index in [1.165, 1.54) is 0 Å². The van der Waals surface area contributed by atoms with Crippen LogP contribution in [-0.2, 0) is 6.54 Å². The molecule has 30 heavy (non-hydrogen) atoms. The molecule has 0 spiro atoms. The maximum Gasteiger partial charge on any atom is 0.259 e. The van der Waals surface area contributed by atoms with Crippen LogP contribution in [0.2, 0.25) is 0 Å². The highest BCUT2D eigenvalue weighted by Crippen LogP contribution is 2.27. The predicted octanol–water partition coefficient (Wildman–Crippen LogP) is 3.91. The quantitative estimate of drug-likeness (QED) is 0.481. The first kappa shape index (κ1) is 17.9. The molecule has 0 aliphatic heterocycles. The van der Waals surface area contributed by atoms with E-state index >= 15 is 0 Å². The molecule has 0 saturated heterocycles. The van der Waals surface area contributed by atoms with Crippen LogP contribution in [0.15, 0.2) is 76.1 Å². The highest BCUT2D eigenvalue weighted by molar-refractivity contribution is 6.06. The molecule has 1 amide bonds. The summed E-state index contributed by atoms with van der Waals surface area (Å²) < 4.78 is 12.5. The van der Waals surface area contributed by atoms with E-state index < -0.39 is 0 Å². The Kier molecular flexibility index (Phi) is 4.36. The molecular formula is C22H17N5O3. The van der Waals surface area contributed by atoms with Gasteiger partial charge in [0.1, 0.15) is 5.69 Å². The van der Waals surface area contributed by atoms with Crippen molar-refractivity contribution in [1.82, 2.24) is 25.2 Å². The first-order valence-corrected chi connectivity index (χ1v) is 9.37. The second-order valence-electron chi connectivity index (χ2n) is 6.79. The number of amides is 1. The van der Waals surface area contributed by atoms with E-state index in [2.05, 4.69) is 20.6 Å². The highest BCUT2D eigenvalue weighted by Gasteiger charge is 2.20. The van der Waals surface area contributed by atoms with Gasteiger partial charge in [0.25, 0.3) is 11.6 Å². The second kappa shape index (κ2) is 7.32. The van der Waals surface area contributed by atoms with Gasteiger partial charge in [0.05, 0.1) is 34.8 Å². The number of hydrogen-bond acceptors (Lipinski definition) is 6. The molecule has 0 saturated carbocycles. The zero-order valence-corrected chi connectivity index (χ0v) is 16.1. The van der Waals surface area contributed by atoms with Crippen LogP contribution in [-0.4, -0.2) is 25.8 Å². The maximum atomic E-state index is 13.0. The van der Waals surface area contributed by atoms with Crippen molar-refractivity contribution in [3.8, 4) is 17.1 Å². The van der Waals surface area contributed by atoms with Crippen LogP contribution in [0.3, 0.4) is 0 Å². The molecule has 148 valence electrons. The molecule has 1 aromatic carbocycles. The van der Waals surface area contributed by atoms with Gasteiger partial charge >= 0.3 is 0 Å². The van der Waals surface area contributed by atoms with Crippen LogP contribution < -0.4 is 5.32 Å². The summed E-state index contributed by atoms with van der Waals surface area (Å²) in [4.78, 5) is 17.4. The zero-order chi connectivity index (χ0) is 20.5. The van der Waals surface area contributed by atoms with Crippen molar-refractivity contribution in [2.45, 2.75) is 13.5 Å². The normalized spacial score (nSPS) is 11.1. The van der Waals surface area contributed by atoms with Crippen LogP contribution in [0.4, 0.5) is 0 Å². The van der Waals surface area contributed by atoms with Gasteiger partial charge in [-0.2, -0.15) is 5.10 Å². The van der Waals surface area contributed by atoms with Crippen molar-refractivity contribution < 1.29 is 13.7 Å². The molecule has 5 aromatic rings. The fourth-order valence-electron chi connectivity index (χ4n) is 3.28. The van der Waals surface area contributed by atoms with E-state index in [9.17, 15) is 4.79 Å². The first-order chi connectivity index (χ1) is 14.7. The SMILES string of the molecule is Cc1noc2nc(-c3ccco3)cc(C(=O)NCc3cnn(-c4ccccc4)c3)c12. The van der Waals surface area contributed by atoms with Gasteiger partial charge in [-0.05, 0) is 37.3 Å². The summed E-state index contributed by atoms with van der Waals surface area (Å²) in [6.45, 7) is 2.11. The van der Waals surface area contributed by atoms with Crippen molar-refractivity contribution in [2.75, 3.05) is 0 Å². The average Bonchev–Trinajstić information content (AvgIpc) is 3.54. The Hall–Kier alpha value is -4.20. The summed E-state index contributed by atoms with van der Waals surface area (Å²) in [5.74, 6) is 0.290. The number of rotatable bonds is 5. The molecule has 8 nitrogen and oxygen atoms in total. The molecule has 0 unspecified atom stereocenters. The van der Waals surface area contributed by atoms with Crippen LogP contribution in [0.25, 0.3) is 28.2 Å². The molecular weight excluding hydrogens is 382 g/mol. The van der Waals surface area contributed by atoms with Crippen molar-refractivity contribution in [3.05, 3.63) is 84.0 Å². The Morgan fingerprint density at radius 3 is 2.83 bits per heavy atom. The minimum absolute atomic E-state index is 0.256. The van der Waals surface area contributed by atoms with E-state index in [1.54, 1.807) is 42.3 Å². The Balaban J connectivity index is 1.41. The van der Waals surface area contributed by atoms with Gasteiger partial charge in [0.2, 0.25) is 0 Å². The van der Waals surface area contributed by atoms with Gasteiger partial charge in [-0.15, -0.1) is 0 Å². The number of carbonyl (C=O) groups is 1. The lowest BCUT2D eigenvalue weighted by atomic mass is 10.1. The molecule has 0 radical (unpaired) electrons. The molecule has 4 aromatic heterocycles. The highest BCUT2D eigenvalue weighted by atomic mass is 16.5. The fraction of sp³-hybridized carbons (Fsp3) is 0.0909. The lowest BCUT2D eigenvalue weighted by Gasteiger charge is -2.06. The van der Waals surface area contributed by atoms with E-state index in [0.29, 0.717) is 40.4 Å². The van der Waals surface area contributed by atoms with Gasteiger partial charge in [0, 0.05) is 18.3 Å². The summed E-state index contributed by atoms with van der Waals surface area (Å²) in [6.07, 6.45) is 5.17. The van der Waals surface area contributed by atoms with Crippen molar-refractivity contribution in [1.29, 1.82) is 0 Å². The molecule has 5 rings (SSSR count). The first-order valence-electron chi connectivity index (χ1n) is 9.37. The predicted molar refractivity (Wildman–Crippen MR) is 109 cm³/mol. The number of aryl methyl sites for hydroxylation is 1. The number of pyridine rings is 1. The number of carbonyl (C=O) groups excluding carboxylic acids is 1. The Bertz CT molecular complexity index is 1320. The third kappa shape index (κ3) is 3.24. The fourth-order valence-corrected chi connectivity index (χ4v) is 3.28. The Labute approximate surface area is 171 Å². The molecule has 0 fully saturated rings. The summed E-state index contributed by atoms with van der Waals surface area (Å²) in [7, 11) is 0. The molecule has 0 bridgehead atoms. The number of nitrogens with one attached hydrogen (secondary N) is 1. The lowest BCUT2D eigenvalue weighted by molar-refractivity contribution is 0.0952. The number of para-hydroxylation sites is 1. The van der Waals surface area contributed by atoms with Gasteiger partial charge in [-0.3, -0.25) is 4.79 Å². The third-order valence-electron chi connectivity index (χ3n) is 4.75. The summed E-state index contributed by atoms with van der Waals surface area (Å²) in [5, 5.41) is 11.8. The third-order valence-corrected chi connectivity index (χ3v) is 4.75. The van der Waals surface area contributed by atoms with Crippen LogP contribution in [0, 0.1) is 6.92 Å². The molecule has 4 heterocycles. The standard InChI is InChI=1S/C22H17N5O3/c1-14-20-17(10-18(19-8-5-9-29-19)25-22(20)30-26-14)21(28)23-11-15-12-24-27(13-15)16-6-3-2-4-7-16/h2-10,12-13H,11H2,1H3,(H,23,28).